The predicted molar refractivity (Wildman–Crippen MR) is 80.9 cm³/mol. The molecular formula is C14H15Cl2NS. The van der Waals surface area contributed by atoms with Crippen molar-refractivity contribution >= 4 is 34.5 Å². The Morgan fingerprint density at radius 3 is 2.78 bits per heavy atom. The van der Waals surface area contributed by atoms with Crippen LogP contribution in [0, 0.1) is 0 Å². The molecule has 0 saturated carbocycles. The zero-order chi connectivity index (χ0) is 13.0. The average molecular weight is 300 g/mol. The molecule has 0 aliphatic rings. The first kappa shape index (κ1) is 13.9. The van der Waals surface area contributed by atoms with Gasteiger partial charge >= 0.3 is 0 Å². The molecule has 4 heteroatoms. The van der Waals surface area contributed by atoms with E-state index in [1.165, 1.54) is 5.56 Å². The number of thiophene rings is 1. The Morgan fingerprint density at radius 1 is 1.28 bits per heavy atom. The van der Waals surface area contributed by atoms with Gasteiger partial charge in [-0.15, -0.1) is 0 Å². The minimum Gasteiger partial charge on any atom is -0.310 e. The molecule has 1 atom stereocenters. The van der Waals surface area contributed by atoms with Gasteiger partial charge in [0.15, 0.2) is 0 Å². The third kappa shape index (κ3) is 3.27. The fourth-order valence-corrected chi connectivity index (χ4v) is 3.09. The van der Waals surface area contributed by atoms with E-state index < -0.39 is 0 Å². The fraction of sp³-hybridized carbons (Fsp3) is 0.286. The van der Waals surface area contributed by atoms with Crippen molar-refractivity contribution in [3.05, 3.63) is 56.2 Å². The van der Waals surface area contributed by atoms with Crippen LogP contribution < -0.4 is 5.32 Å². The molecule has 0 spiro atoms. The van der Waals surface area contributed by atoms with Gasteiger partial charge in [0.05, 0.1) is 10.0 Å². The zero-order valence-electron chi connectivity index (χ0n) is 10.1. The van der Waals surface area contributed by atoms with E-state index in [-0.39, 0.29) is 6.04 Å². The molecule has 0 aliphatic heterocycles. The molecule has 18 heavy (non-hydrogen) atoms. The summed E-state index contributed by atoms with van der Waals surface area (Å²) in [6.45, 7) is 3.00. The third-order valence-corrected chi connectivity index (χ3v) is 4.39. The number of nitrogens with one attached hydrogen (secondary N) is 1. The lowest BCUT2D eigenvalue weighted by Crippen LogP contribution is -2.23. The lowest BCUT2D eigenvalue weighted by Gasteiger charge is -2.19. The molecular weight excluding hydrogens is 285 g/mol. The molecule has 1 aromatic heterocycles. The van der Waals surface area contributed by atoms with Crippen LogP contribution in [0.1, 0.15) is 24.1 Å². The molecule has 0 fully saturated rings. The Balaban J connectivity index is 2.26. The van der Waals surface area contributed by atoms with Gasteiger partial charge in [-0.05, 0) is 47.0 Å². The van der Waals surface area contributed by atoms with E-state index in [1.807, 2.05) is 18.2 Å². The van der Waals surface area contributed by atoms with Crippen molar-refractivity contribution < 1.29 is 0 Å². The Morgan fingerprint density at radius 2 is 2.11 bits per heavy atom. The first-order valence-corrected chi connectivity index (χ1v) is 7.60. The highest BCUT2D eigenvalue weighted by Crippen LogP contribution is 2.31. The van der Waals surface area contributed by atoms with Gasteiger partial charge in [0.2, 0.25) is 0 Å². The van der Waals surface area contributed by atoms with Gasteiger partial charge in [0.1, 0.15) is 0 Å². The predicted octanol–water partition coefficient (Wildman–Crippen LogP) is 4.95. The summed E-state index contributed by atoms with van der Waals surface area (Å²) >= 11 is 14.1. The monoisotopic (exact) mass is 299 g/mol. The normalized spacial score (nSPS) is 12.6. The quantitative estimate of drug-likeness (QED) is 0.824. The molecule has 2 aromatic rings. The van der Waals surface area contributed by atoms with Crippen molar-refractivity contribution in [2.45, 2.75) is 19.4 Å². The summed E-state index contributed by atoms with van der Waals surface area (Å²) in [5, 5.41) is 9.00. The second kappa shape index (κ2) is 6.58. The highest BCUT2D eigenvalue weighted by atomic mass is 35.5. The Hall–Kier alpha value is -0.540. The maximum Gasteiger partial charge on any atom is 0.0640 e. The fourth-order valence-electron chi connectivity index (χ4n) is 1.97. The molecule has 1 heterocycles. The SMILES string of the molecule is CCNC(Cc1ccsc1)c1cccc(Cl)c1Cl. The molecule has 0 radical (unpaired) electrons. The molecule has 1 unspecified atom stereocenters. The maximum absolute atomic E-state index is 6.29. The van der Waals surface area contributed by atoms with Crippen LogP contribution in [-0.2, 0) is 6.42 Å². The van der Waals surface area contributed by atoms with Crippen molar-refractivity contribution in [3.8, 4) is 0 Å². The topological polar surface area (TPSA) is 12.0 Å². The number of halogens is 2. The summed E-state index contributed by atoms with van der Waals surface area (Å²) in [5.74, 6) is 0. The van der Waals surface area contributed by atoms with Gasteiger partial charge < -0.3 is 5.32 Å². The summed E-state index contributed by atoms with van der Waals surface area (Å²) in [6, 6.07) is 8.15. The summed E-state index contributed by atoms with van der Waals surface area (Å²) in [7, 11) is 0. The standard InChI is InChI=1S/C14H15Cl2NS/c1-2-17-13(8-10-6-7-18-9-10)11-4-3-5-12(15)14(11)16/h3-7,9,13,17H,2,8H2,1H3. The molecule has 0 saturated heterocycles. The van der Waals surface area contributed by atoms with Crippen molar-refractivity contribution in [2.75, 3.05) is 6.54 Å². The third-order valence-electron chi connectivity index (χ3n) is 2.83. The van der Waals surface area contributed by atoms with Crippen LogP contribution in [0.15, 0.2) is 35.0 Å². The second-order valence-electron chi connectivity index (χ2n) is 4.09. The Bertz CT molecular complexity index is 497. The molecule has 96 valence electrons. The van der Waals surface area contributed by atoms with Gasteiger partial charge in [-0.1, -0.05) is 42.3 Å². The van der Waals surface area contributed by atoms with Gasteiger partial charge in [-0.3, -0.25) is 0 Å². The van der Waals surface area contributed by atoms with E-state index >= 15 is 0 Å². The number of likely N-dealkylation sites (N-methyl/N-ethyl adjacent to an activating group) is 1. The zero-order valence-corrected chi connectivity index (χ0v) is 12.4. The Kier molecular flexibility index (Phi) is 5.07. The van der Waals surface area contributed by atoms with Crippen LogP contribution in [-0.4, -0.2) is 6.54 Å². The van der Waals surface area contributed by atoms with Crippen LogP contribution in [0.3, 0.4) is 0 Å². The summed E-state index contributed by atoms with van der Waals surface area (Å²) in [4.78, 5) is 0. The van der Waals surface area contributed by atoms with Crippen molar-refractivity contribution in [2.24, 2.45) is 0 Å². The highest BCUT2D eigenvalue weighted by Gasteiger charge is 2.16. The smallest absolute Gasteiger partial charge is 0.0640 e. The van der Waals surface area contributed by atoms with Crippen LogP contribution >= 0.6 is 34.5 Å². The molecule has 1 N–H and O–H groups in total. The van der Waals surface area contributed by atoms with E-state index in [0.717, 1.165) is 18.5 Å². The maximum atomic E-state index is 6.29. The lowest BCUT2D eigenvalue weighted by atomic mass is 10.0. The molecule has 1 nitrogen and oxygen atoms in total. The van der Waals surface area contributed by atoms with Crippen LogP contribution in [0.5, 0.6) is 0 Å². The Labute approximate surface area is 122 Å². The van der Waals surface area contributed by atoms with Gasteiger partial charge in [-0.25, -0.2) is 0 Å². The number of rotatable bonds is 5. The van der Waals surface area contributed by atoms with E-state index in [2.05, 4.69) is 29.1 Å². The summed E-state index contributed by atoms with van der Waals surface area (Å²) in [5.41, 5.74) is 2.39. The molecule has 1 aromatic carbocycles. The minimum atomic E-state index is 0.204. The van der Waals surface area contributed by atoms with Crippen molar-refractivity contribution in [1.29, 1.82) is 0 Å². The first-order valence-electron chi connectivity index (χ1n) is 5.90. The highest BCUT2D eigenvalue weighted by molar-refractivity contribution is 7.07. The van der Waals surface area contributed by atoms with E-state index in [9.17, 15) is 0 Å². The van der Waals surface area contributed by atoms with Crippen LogP contribution in [0.4, 0.5) is 0 Å². The van der Waals surface area contributed by atoms with Crippen LogP contribution in [0.2, 0.25) is 10.0 Å². The first-order chi connectivity index (χ1) is 8.72. The number of hydrogen-bond acceptors (Lipinski definition) is 2. The van der Waals surface area contributed by atoms with E-state index in [1.54, 1.807) is 11.3 Å². The van der Waals surface area contributed by atoms with Crippen LogP contribution in [0.25, 0.3) is 0 Å². The summed E-state index contributed by atoms with van der Waals surface area (Å²) in [6.07, 6.45) is 0.928. The summed E-state index contributed by atoms with van der Waals surface area (Å²) < 4.78 is 0. The van der Waals surface area contributed by atoms with E-state index in [4.69, 9.17) is 23.2 Å². The number of hydrogen-bond donors (Lipinski definition) is 1. The average Bonchev–Trinajstić information content (AvgIpc) is 2.85. The lowest BCUT2D eigenvalue weighted by molar-refractivity contribution is 0.550. The van der Waals surface area contributed by atoms with Gasteiger partial charge in [-0.2, -0.15) is 11.3 Å². The molecule has 0 amide bonds. The molecule has 0 aliphatic carbocycles. The second-order valence-corrected chi connectivity index (χ2v) is 5.65. The van der Waals surface area contributed by atoms with Crippen molar-refractivity contribution in [3.63, 3.8) is 0 Å². The van der Waals surface area contributed by atoms with E-state index in [0.29, 0.717) is 10.0 Å². The molecule has 2 rings (SSSR count). The van der Waals surface area contributed by atoms with Crippen molar-refractivity contribution in [1.82, 2.24) is 5.32 Å². The largest absolute Gasteiger partial charge is 0.310 e. The van der Waals surface area contributed by atoms with Gasteiger partial charge in [0, 0.05) is 6.04 Å². The molecule has 0 bridgehead atoms. The number of benzene rings is 1. The van der Waals surface area contributed by atoms with Gasteiger partial charge in [0.25, 0.3) is 0 Å². The minimum absolute atomic E-state index is 0.204.